The molecule has 8 rings (SSSR count). The summed E-state index contributed by atoms with van der Waals surface area (Å²) >= 11 is 6.51. The second-order valence-electron chi connectivity index (χ2n) is 12.9. The predicted molar refractivity (Wildman–Crippen MR) is 156 cm³/mol. The van der Waals surface area contributed by atoms with Crippen LogP contribution in [0.2, 0.25) is 5.02 Å². The average Bonchev–Trinajstić information content (AvgIpc) is 3.63. The van der Waals surface area contributed by atoms with Gasteiger partial charge in [0.15, 0.2) is 0 Å². The summed E-state index contributed by atoms with van der Waals surface area (Å²) in [6, 6.07) is 10.7. The first-order chi connectivity index (χ1) is 20.0. The van der Waals surface area contributed by atoms with Crippen molar-refractivity contribution in [2.75, 3.05) is 31.1 Å². The van der Waals surface area contributed by atoms with Crippen molar-refractivity contribution in [2.24, 2.45) is 0 Å². The van der Waals surface area contributed by atoms with Crippen LogP contribution in [0.5, 0.6) is 6.01 Å². The van der Waals surface area contributed by atoms with E-state index in [-0.39, 0.29) is 10.6 Å². The Kier molecular flexibility index (Phi) is 6.38. The van der Waals surface area contributed by atoms with Crippen molar-refractivity contribution in [3.63, 3.8) is 0 Å². The minimum atomic E-state index is -0.796. The number of nitrogens with zero attached hydrogens (tertiary/aromatic N) is 4. The minimum absolute atomic E-state index is 0.157. The number of hydrogen-bond acceptors (Lipinski definition) is 6. The highest BCUT2D eigenvalue weighted by Crippen LogP contribution is 2.43. The van der Waals surface area contributed by atoms with Crippen LogP contribution in [0.15, 0.2) is 30.3 Å². The van der Waals surface area contributed by atoms with E-state index >= 15 is 0 Å². The molecule has 1 aromatic heterocycles. The van der Waals surface area contributed by atoms with Crippen molar-refractivity contribution in [2.45, 2.75) is 87.6 Å². The van der Waals surface area contributed by atoms with E-state index in [0.29, 0.717) is 50.1 Å². The molecule has 2 aromatic carbocycles. The van der Waals surface area contributed by atoms with Crippen LogP contribution in [0.1, 0.15) is 67.8 Å². The van der Waals surface area contributed by atoms with Gasteiger partial charge < -0.3 is 15.0 Å². The lowest BCUT2D eigenvalue weighted by Crippen LogP contribution is -2.43. The number of rotatable bonds is 5. The van der Waals surface area contributed by atoms with Gasteiger partial charge in [0.25, 0.3) is 0 Å². The Morgan fingerprint density at radius 1 is 1.10 bits per heavy atom. The van der Waals surface area contributed by atoms with Crippen LogP contribution < -0.4 is 15.0 Å². The Bertz CT molecular complexity index is 1490. The number of ether oxygens (including phenoxy) is 1. The van der Waals surface area contributed by atoms with E-state index in [4.69, 9.17) is 26.3 Å². The summed E-state index contributed by atoms with van der Waals surface area (Å²) in [5.74, 6) is -0.0315. The molecule has 0 radical (unpaired) electrons. The molecule has 9 heteroatoms. The number of benzene rings is 2. The van der Waals surface area contributed by atoms with E-state index in [1.165, 1.54) is 24.5 Å². The maximum absolute atomic E-state index is 14.5. The van der Waals surface area contributed by atoms with Crippen molar-refractivity contribution in [3.05, 3.63) is 58.1 Å². The molecular formula is C32H36ClF2N5O. The topological polar surface area (TPSA) is 53.5 Å². The summed E-state index contributed by atoms with van der Waals surface area (Å²) in [5.41, 5.74) is 4.02. The number of aromatic nitrogens is 2. The first kappa shape index (κ1) is 26.1. The number of anilines is 1. The highest BCUT2D eigenvalue weighted by molar-refractivity contribution is 6.36. The first-order valence-corrected chi connectivity index (χ1v) is 15.6. The van der Waals surface area contributed by atoms with E-state index in [1.807, 2.05) is 18.2 Å². The quantitative estimate of drug-likeness (QED) is 0.404. The van der Waals surface area contributed by atoms with E-state index < -0.39 is 12.0 Å². The van der Waals surface area contributed by atoms with Crippen molar-refractivity contribution in [1.29, 1.82) is 0 Å². The minimum Gasteiger partial charge on any atom is -0.461 e. The van der Waals surface area contributed by atoms with Gasteiger partial charge in [-0.25, -0.2) is 8.78 Å². The molecule has 2 bridgehead atoms. The third kappa shape index (κ3) is 4.48. The summed E-state index contributed by atoms with van der Waals surface area (Å²) in [6.45, 7) is 3.21. The van der Waals surface area contributed by atoms with E-state index in [2.05, 4.69) is 15.1 Å². The molecule has 6 nitrogen and oxygen atoms in total. The number of hydrogen-bond donors (Lipinski definition) is 1. The maximum atomic E-state index is 14.5. The lowest BCUT2D eigenvalue weighted by Gasteiger charge is -2.35. The zero-order chi connectivity index (χ0) is 27.7. The normalized spacial score (nSPS) is 31.0. The monoisotopic (exact) mass is 579 g/mol. The lowest BCUT2D eigenvalue weighted by molar-refractivity contribution is 0.106. The van der Waals surface area contributed by atoms with Crippen molar-refractivity contribution in [1.82, 2.24) is 20.2 Å². The number of alkyl halides is 1. The van der Waals surface area contributed by atoms with E-state index in [9.17, 15) is 8.78 Å². The van der Waals surface area contributed by atoms with Gasteiger partial charge in [-0.2, -0.15) is 9.97 Å². The maximum Gasteiger partial charge on any atom is 0.316 e. The van der Waals surface area contributed by atoms with Crippen LogP contribution in [0.3, 0.4) is 0 Å². The van der Waals surface area contributed by atoms with E-state index in [1.54, 1.807) is 6.07 Å². The number of nitrogens with one attached hydrogen (secondary N) is 1. The summed E-state index contributed by atoms with van der Waals surface area (Å²) in [7, 11) is 0. The van der Waals surface area contributed by atoms with Gasteiger partial charge in [0, 0.05) is 48.6 Å². The molecular weight excluding hydrogens is 544 g/mol. The fraction of sp³-hybridized carbons (Fsp3) is 0.562. The number of halogens is 3. The number of fused-ring (bicyclic) bond motifs is 5. The third-order valence-corrected chi connectivity index (χ3v) is 10.8. The van der Waals surface area contributed by atoms with Crippen molar-refractivity contribution in [3.8, 4) is 6.01 Å². The van der Waals surface area contributed by atoms with Crippen LogP contribution in [-0.2, 0) is 13.0 Å². The highest BCUT2D eigenvalue weighted by atomic mass is 35.5. The molecule has 5 atom stereocenters. The van der Waals surface area contributed by atoms with Gasteiger partial charge in [0.05, 0.1) is 28.5 Å². The lowest BCUT2D eigenvalue weighted by atomic mass is 9.85. The zero-order valence-corrected chi connectivity index (χ0v) is 24.0. The Balaban J connectivity index is 1.15. The predicted octanol–water partition coefficient (Wildman–Crippen LogP) is 5.94. The molecule has 0 amide bonds. The molecule has 0 unspecified atom stereocenters. The smallest absolute Gasteiger partial charge is 0.316 e. The highest BCUT2D eigenvalue weighted by Gasteiger charge is 2.49. The largest absolute Gasteiger partial charge is 0.461 e. The Labute approximate surface area is 244 Å². The van der Waals surface area contributed by atoms with Gasteiger partial charge in [0.2, 0.25) is 0 Å². The van der Waals surface area contributed by atoms with Crippen LogP contribution in [0.4, 0.5) is 14.5 Å². The Morgan fingerprint density at radius 3 is 2.80 bits per heavy atom. The van der Waals surface area contributed by atoms with Gasteiger partial charge in [-0.3, -0.25) is 4.90 Å². The number of piperidine rings is 1. The molecule has 1 N–H and O–H groups in total. The van der Waals surface area contributed by atoms with Gasteiger partial charge in [-0.1, -0.05) is 29.8 Å². The van der Waals surface area contributed by atoms with Crippen molar-refractivity contribution >= 4 is 28.1 Å². The molecule has 4 fully saturated rings. The molecule has 3 aromatic rings. The second-order valence-corrected chi connectivity index (χ2v) is 13.3. The van der Waals surface area contributed by atoms with Gasteiger partial charge >= 0.3 is 6.01 Å². The van der Waals surface area contributed by atoms with Crippen LogP contribution >= 0.6 is 11.6 Å². The molecule has 5 aliphatic rings. The Morgan fingerprint density at radius 2 is 1.95 bits per heavy atom. The zero-order valence-electron chi connectivity index (χ0n) is 23.2. The summed E-state index contributed by atoms with van der Waals surface area (Å²) in [4.78, 5) is 14.6. The molecule has 0 saturated carbocycles. The summed E-state index contributed by atoms with van der Waals surface area (Å²) < 4.78 is 35.4. The van der Waals surface area contributed by atoms with Gasteiger partial charge in [-0.15, -0.1) is 0 Å². The van der Waals surface area contributed by atoms with Crippen LogP contribution in [0, 0.1) is 5.82 Å². The molecule has 216 valence electrons. The second kappa shape index (κ2) is 10.0. The standard InChI is InChI=1S/C32H36ClF2N5O/c33-29-25(35)8-5-19-3-1-4-27(28(19)29)39-12-9-24-26(17-39)37-31(38-30(24)20-13-22-6-7-23(14-20)36-22)41-18-32-10-2-11-40(32)16-21(34)15-32/h1,3-5,8,20-23,36H,2,6-7,9-18H2/t20-,21-,22+,23-,32+/m1/s1. The molecule has 41 heavy (non-hydrogen) atoms. The van der Waals surface area contributed by atoms with Gasteiger partial charge in [-0.05, 0) is 74.6 Å². The fourth-order valence-corrected chi connectivity index (χ4v) is 8.80. The first-order valence-electron chi connectivity index (χ1n) is 15.3. The molecule has 0 aliphatic carbocycles. The third-order valence-electron chi connectivity index (χ3n) is 10.4. The van der Waals surface area contributed by atoms with Crippen LogP contribution in [0.25, 0.3) is 10.8 Å². The Hall–Kier alpha value is -2.55. The van der Waals surface area contributed by atoms with Crippen molar-refractivity contribution < 1.29 is 13.5 Å². The summed E-state index contributed by atoms with van der Waals surface area (Å²) in [5, 5.41) is 5.57. The molecule has 4 saturated heterocycles. The average molecular weight is 580 g/mol. The summed E-state index contributed by atoms with van der Waals surface area (Å²) in [6.07, 6.45) is 7.20. The fourth-order valence-electron chi connectivity index (χ4n) is 8.53. The molecule has 5 aliphatic heterocycles. The molecule has 6 heterocycles. The molecule has 0 spiro atoms. The van der Waals surface area contributed by atoms with E-state index in [0.717, 1.165) is 73.0 Å². The van der Waals surface area contributed by atoms with Gasteiger partial charge in [0.1, 0.15) is 18.6 Å². The SMILES string of the molecule is Fc1ccc2cccc(N3CCc4c(nc(OC[C@@]56CCCN5C[C@H](F)C6)nc4[C@H]4C[C@H]5CC[C@@H](C4)N5)C3)c2c1Cl. The van der Waals surface area contributed by atoms with Crippen LogP contribution in [-0.4, -0.2) is 64.9 Å².